The van der Waals surface area contributed by atoms with Gasteiger partial charge in [0.05, 0.1) is 12.8 Å². The number of carbonyl (C=O) groups excluding carboxylic acids is 1. The number of nitrogens with one attached hydrogen (secondary N) is 1. The maximum atomic E-state index is 12.6. The van der Waals surface area contributed by atoms with Gasteiger partial charge >= 0.3 is 10.1 Å². The van der Waals surface area contributed by atoms with Crippen molar-refractivity contribution in [3.63, 3.8) is 0 Å². The molecule has 32 heavy (non-hydrogen) atoms. The van der Waals surface area contributed by atoms with Gasteiger partial charge in [-0.2, -0.15) is 13.5 Å². The molecule has 0 radical (unpaired) electrons. The number of benzene rings is 3. The summed E-state index contributed by atoms with van der Waals surface area (Å²) < 4.78 is 36.8. The Balaban J connectivity index is 1.76. The number of carbonyl (C=O) groups is 1. The number of ether oxygens (including phenoxy) is 1. The molecule has 0 saturated carbocycles. The highest BCUT2D eigenvalue weighted by molar-refractivity contribution is 9.10. The van der Waals surface area contributed by atoms with Crippen LogP contribution in [0.15, 0.2) is 81.2 Å². The molecule has 1 amide bonds. The molecule has 0 saturated heterocycles. The molecule has 0 aliphatic rings. The summed E-state index contributed by atoms with van der Waals surface area (Å²) in [5, 5.41) is 3.95. The van der Waals surface area contributed by atoms with Crippen LogP contribution in [0.1, 0.15) is 28.4 Å². The normalized spacial score (nSPS) is 11.3. The first-order valence-electron chi connectivity index (χ1n) is 9.65. The second-order valence-corrected chi connectivity index (χ2v) is 9.16. The fraction of sp³-hybridized carbons (Fsp3) is 0.130. The molecular weight excluding hydrogens is 496 g/mol. The molecule has 3 aromatic carbocycles. The molecule has 0 aromatic heterocycles. The number of hydrogen-bond acceptors (Lipinski definition) is 6. The van der Waals surface area contributed by atoms with E-state index in [1.54, 1.807) is 49.4 Å². The molecule has 0 spiro atoms. The third kappa shape index (κ3) is 6.18. The molecule has 1 N–H and O–H groups in total. The highest BCUT2D eigenvalue weighted by atomic mass is 79.9. The molecule has 9 heteroatoms. The van der Waals surface area contributed by atoms with Crippen molar-refractivity contribution in [2.24, 2.45) is 5.10 Å². The molecule has 0 atom stereocenters. The fourth-order valence-electron chi connectivity index (χ4n) is 2.67. The summed E-state index contributed by atoms with van der Waals surface area (Å²) in [5.74, 6) is -0.0649. The molecule has 0 aliphatic heterocycles. The Morgan fingerprint density at radius 1 is 1.06 bits per heavy atom. The Labute approximate surface area is 195 Å². The van der Waals surface area contributed by atoms with E-state index in [9.17, 15) is 13.2 Å². The van der Waals surface area contributed by atoms with E-state index in [-0.39, 0.29) is 22.3 Å². The summed E-state index contributed by atoms with van der Waals surface area (Å²) in [4.78, 5) is 12.2. The van der Waals surface area contributed by atoms with E-state index in [1.165, 1.54) is 24.4 Å². The average Bonchev–Trinajstić information content (AvgIpc) is 2.76. The fourth-order valence-corrected chi connectivity index (χ4v) is 4.01. The van der Waals surface area contributed by atoms with Crippen LogP contribution in [0.2, 0.25) is 0 Å². The van der Waals surface area contributed by atoms with Crippen molar-refractivity contribution in [2.75, 3.05) is 6.61 Å². The van der Waals surface area contributed by atoms with Gasteiger partial charge in [0, 0.05) is 10.0 Å². The summed E-state index contributed by atoms with van der Waals surface area (Å²) in [6.07, 6.45) is 1.43. The highest BCUT2D eigenvalue weighted by Crippen LogP contribution is 2.31. The largest absolute Gasteiger partial charge is 0.490 e. The topological polar surface area (TPSA) is 94.1 Å². The number of hydrazone groups is 1. The minimum absolute atomic E-state index is 0.0476. The van der Waals surface area contributed by atoms with Gasteiger partial charge in [0.2, 0.25) is 0 Å². The lowest BCUT2D eigenvalue weighted by Gasteiger charge is -2.12. The van der Waals surface area contributed by atoms with E-state index < -0.39 is 10.1 Å². The molecule has 166 valence electrons. The van der Waals surface area contributed by atoms with Crippen LogP contribution in [0.25, 0.3) is 0 Å². The third-order valence-corrected chi connectivity index (χ3v) is 5.99. The Morgan fingerprint density at radius 2 is 1.81 bits per heavy atom. The van der Waals surface area contributed by atoms with Crippen LogP contribution < -0.4 is 14.3 Å². The molecule has 0 bridgehead atoms. The summed E-state index contributed by atoms with van der Waals surface area (Å²) in [7, 11) is -4.02. The molecule has 3 aromatic rings. The van der Waals surface area contributed by atoms with Crippen molar-refractivity contribution in [2.45, 2.75) is 18.7 Å². The number of rotatable bonds is 8. The molecule has 7 nitrogen and oxygen atoms in total. The Bertz CT molecular complexity index is 1240. The first kappa shape index (κ1) is 23.5. The van der Waals surface area contributed by atoms with Crippen LogP contribution in [0.5, 0.6) is 11.5 Å². The molecular formula is C23H21BrN2O5S. The standard InChI is InChI=1S/C23H21BrN2O5S/c1-3-30-22-13-17(15-25-26-23(27)18-5-4-6-19(24)14-18)9-12-21(22)31-32(28,29)20-10-7-16(2)8-11-20/h4-15H,3H2,1-2H3,(H,26,27)/b25-15-. The van der Waals surface area contributed by atoms with Crippen molar-refractivity contribution in [3.8, 4) is 11.5 Å². The van der Waals surface area contributed by atoms with Crippen molar-refractivity contribution in [1.29, 1.82) is 0 Å². The maximum Gasteiger partial charge on any atom is 0.339 e. The van der Waals surface area contributed by atoms with Gasteiger partial charge in [0.25, 0.3) is 5.91 Å². The monoisotopic (exact) mass is 516 g/mol. The van der Waals surface area contributed by atoms with Crippen molar-refractivity contribution >= 4 is 38.2 Å². The number of amides is 1. The van der Waals surface area contributed by atoms with Gasteiger partial charge in [-0.1, -0.05) is 39.7 Å². The Morgan fingerprint density at radius 3 is 2.50 bits per heavy atom. The number of aryl methyl sites for hydroxylation is 1. The molecule has 0 aliphatic carbocycles. The zero-order chi connectivity index (χ0) is 23.1. The van der Waals surface area contributed by atoms with E-state index >= 15 is 0 Å². The van der Waals surface area contributed by atoms with Crippen molar-refractivity contribution in [3.05, 3.63) is 87.9 Å². The summed E-state index contributed by atoms with van der Waals surface area (Å²) in [6, 6.07) is 18.0. The first-order chi connectivity index (χ1) is 15.3. The number of hydrogen-bond donors (Lipinski definition) is 1. The lowest BCUT2D eigenvalue weighted by Crippen LogP contribution is -2.17. The smallest absolute Gasteiger partial charge is 0.339 e. The van der Waals surface area contributed by atoms with Gasteiger partial charge in [-0.15, -0.1) is 0 Å². The third-order valence-electron chi connectivity index (χ3n) is 4.24. The Hall–Kier alpha value is -3.17. The van der Waals surface area contributed by atoms with Crippen molar-refractivity contribution < 1.29 is 22.1 Å². The SMILES string of the molecule is CCOc1cc(/C=N\NC(=O)c2cccc(Br)c2)ccc1OS(=O)(=O)c1ccc(C)cc1. The van der Waals surface area contributed by atoms with Crippen LogP contribution in [0, 0.1) is 6.92 Å². The van der Waals surface area contributed by atoms with Crippen LogP contribution in [0.3, 0.4) is 0 Å². The minimum Gasteiger partial charge on any atom is -0.490 e. The molecule has 0 fully saturated rings. The van der Waals surface area contributed by atoms with Gasteiger partial charge in [0.15, 0.2) is 11.5 Å². The van der Waals surface area contributed by atoms with Gasteiger partial charge in [-0.3, -0.25) is 4.79 Å². The van der Waals surface area contributed by atoms with Gasteiger partial charge in [-0.25, -0.2) is 5.43 Å². The quantitative estimate of drug-likeness (QED) is 0.266. The van der Waals surface area contributed by atoms with Crippen LogP contribution in [0.4, 0.5) is 0 Å². The van der Waals surface area contributed by atoms with E-state index in [2.05, 4.69) is 26.5 Å². The van der Waals surface area contributed by atoms with Crippen LogP contribution in [-0.4, -0.2) is 27.1 Å². The van der Waals surface area contributed by atoms with E-state index in [1.807, 2.05) is 13.0 Å². The van der Waals surface area contributed by atoms with Gasteiger partial charge in [-0.05, 0) is 67.9 Å². The van der Waals surface area contributed by atoms with Crippen molar-refractivity contribution in [1.82, 2.24) is 5.43 Å². The summed E-state index contributed by atoms with van der Waals surface area (Å²) in [5.41, 5.74) is 4.43. The van der Waals surface area contributed by atoms with Crippen LogP contribution >= 0.6 is 15.9 Å². The lowest BCUT2D eigenvalue weighted by atomic mass is 10.2. The minimum atomic E-state index is -4.02. The second-order valence-electron chi connectivity index (χ2n) is 6.70. The predicted molar refractivity (Wildman–Crippen MR) is 126 cm³/mol. The lowest BCUT2D eigenvalue weighted by molar-refractivity contribution is 0.0955. The zero-order valence-electron chi connectivity index (χ0n) is 17.4. The van der Waals surface area contributed by atoms with Gasteiger partial charge < -0.3 is 8.92 Å². The van der Waals surface area contributed by atoms with E-state index in [0.29, 0.717) is 17.7 Å². The Kier molecular flexibility index (Phi) is 7.66. The second kappa shape index (κ2) is 10.4. The summed E-state index contributed by atoms with van der Waals surface area (Å²) in [6.45, 7) is 3.95. The molecule has 0 unspecified atom stereocenters. The predicted octanol–water partition coefficient (Wildman–Crippen LogP) is 4.69. The molecule has 3 rings (SSSR count). The highest BCUT2D eigenvalue weighted by Gasteiger charge is 2.19. The number of halogens is 1. The zero-order valence-corrected chi connectivity index (χ0v) is 19.8. The maximum absolute atomic E-state index is 12.6. The van der Waals surface area contributed by atoms with Crippen LogP contribution in [-0.2, 0) is 10.1 Å². The van der Waals surface area contributed by atoms with E-state index in [4.69, 9.17) is 8.92 Å². The number of nitrogens with zero attached hydrogens (tertiary/aromatic N) is 1. The first-order valence-corrected chi connectivity index (χ1v) is 11.9. The average molecular weight is 517 g/mol. The molecule has 0 heterocycles. The summed E-state index contributed by atoms with van der Waals surface area (Å²) >= 11 is 3.32. The van der Waals surface area contributed by atoms with Gasteiger partial charge in [0.1, 0.15) is 4.90 Å². The van der Waals surface area contributed by atoms with E-state index in [0.717, 1.165) is 10.0 Å².